The van der Waals surface area contributed by atoms with Gasteiger partial charge in [0.1, 0.15) is 22.8 Å². The fourth-order valence-electron chi connectivity index (χ4n) is 4.78. The third-order valence-corrected chi connectivity index (χ3v) is 6.56. The predicted molar refractivity (Wildman–Crippen MR) is 109 cm³/mol. The second-order valence-electron chi connectivity index (χ2n) is 8.38. The SMILES string of the molecule is CC(c1ccc(O)c2c(O)c3c(cc12)C[C@H]1CC(O)=C(C(N)=O)C(=N)[C@@]1(O)C3=O)C(F)(F)F. The number of amides is 1. The number of Topliss-reactive ketones (excluding diaryl/α,β-unsaturated/α-hetero) is 1. The molecule has 4 rings (SSSR count). The van der Waals surface area contributed by atoms with Crippen LogP contribution in [0.5, 0.6) is 11.5 Å². The molecule has 0 bridgehead atoms. The van der Waals surface area contributed by atoms with Gasteiger partial charge in [-0.05, 0) is 42.0 Å². The van der Waals surface area contributed by atoms with Crippen LogP contribution in [0.2, 0.25) is 0 Å². The number of benzene rings is 2. The van der Waals surface area contributed by atoms with Crippen LogP contribution in [0.15, 0.2) is 29.5 Å². The number of phenolic OH excluding ortho intramolecular Hbond substituents is 2. The van der Waals surface area contributed by atoms with Crippen LogP contribution in [0.3, 0.4) is 0 Å². The molecule has 0 saturated carbocycles. The second kappa shape index (κ2) is 6.95. The molecule has 3 atom stereocenters. The van der Waals surface area contributed by atoms with Crippen LogP contribution in [0.1, 0.15) is 40.7 Å². The highest BCUT2D eigenvalue weighted by Gasteiger charge is 2.57. The summed E-state index contributed by atoms with van der Waals surface area (Å²) in [6, 6.07) is 3.27. The van der Waals surface area contributed by atoms with Gasteiger partial charge in [-0.25, -0.2) is 0 Å². The number of aromatic hydroxyl groups is 2. The number of fused-ring (bicyclic) bond motifs is 3. The van der Waals surface area contributed by atoms with E-state index < -0.39 is 81.2 Å². The number of rotatable bonds is 2. The van der Waals surface area contributed by atoms with Crippen LogP contribution in [-0.2, 0) is 11.2 Å². The number of hydrogen-bond acceptors (Lipinski definition) is 7. The highest BCUT2D eigenvalue weighted by molar-refractivity contribution is 6.34. The number of phenols is 2. The number of primary amides is 1. The van der Waals surface area contributed by atoms with E-state index in [0.29, 0.717) is 0 Å². The number of carbonyl (C=O) groups is 2. The lowest BCUT2D eigenvalue weighted by atomic mass is 9.63. The lowest BCUT2D eigenvalue weighted by Gasteiger charge is -2.43. The largest absolute Gasteiger partial charge is 0.511 e. The minimum Gasteiger partial charge on any atom is -0.511 e. The lowest BCUT2D eigenvalue weighted by Crippen LogP contribution is -2.59. The molecule has 1 amide bonds. The first-order valence-electron chi connectivity index (χ1n) is 9.86. The monoisotopic (exact) mass is 464 g/mol. The first kappa shape index (κ1) is 22.6. The average molecular weight is 464 g/mol. The van der Waals surface area contributed by atoms with Crippen LogP contribution in [0, 0.1) is 11.3 Å². The van der Waals surface area contributed by atoms with Crippen LogP contribution in [0.25, 0.3) is 10.8 Å². The van der Waals surface area contributed by atoms with Crippen molar-refractivity contribution in [2.24, 2.45) is 11.7 Å². The predicted octanol–water partition coefficient (Wildman–Crippen LogP) is 2.72. The topological polar surface area (TPSA) is 165 Å². The van der Waals surface area contributed by atoms with Crippen LogP contribution in [-0.4, -0.2) is 49.6 Å². The zero-order chi connectivity index (χ0) is 24.6. The van der Waals surface area contributed by atoms with Gasteiger partial charge in [0.15, 0.2) is 5.60 Å². The molecule has 0 spiro atoms. The summed E-state index contributed by atoms with van der Waals surface area (Å²) in [5, 5.41) is 50.2. The van der Waals surface area contributed by atoms with Gasteiger partial charge in [0.2, 0.25) is 5.78 Å². The van der Waals surface area contributed by atoms with E-state index >= 15 is 0 Å². The van der Waals surface area contributed by atoms with E-state index in [1.807, 2.05) is 0 Å². The number of halogens is 3. The van der Waals surface area contributed by atoms with Crippen molar-refractivity contribution >= 4 is 28.2 Å². The van der Waals surface area contributed by atoms with Gasteiger partial charge in [-0.3, -0.25) is 9.59 Å². The first-order valence-corrected chi connectivity index (χ1v) is 9.86. The molecule has 8 nitrogen and oxygen atoms in total. The minimum atomic E-state index is -4.62. The average Bonchev–Trinajstić information content (AvgIpc) is 2.69. The molecule has 1 unspecified atom stereocenters. The van der Waals surface area contributed by atoms with Gasteiger partial charge in [0, 0.05) is 12.3 Å². The number of nitrogens with one attached hydrogen (secondary N) is 1. The van der Waals surface area contributed by atoms with Crippen LogP contribution < -0.4 is 5.73 Å². The Hall–Kier alpha value is -3.60. The molecule has 0 aliphatic heterocycles. The molecule has 0 heterocycles. The molecule has 2 aromatic rings. The van der Waals surface area contributed by atoms with Crippen LogP contribution >= 0.6 is 0 Å². The summed E-state index contributed by atoms with van der Waals surface area (Å²) in [6.45, 7) is 0.920. The highest BCUT2D eigenvalue weighted by Crippen LogP contribution is 2.50. The maximum Gasteiger partial charge on any atom is 0.395 e. The Morgan fingerprint density at radius 3 is 2.45 bits per heavy atom. The van der Waals surface area contributed by atoms with Crippen molar-refractivity contribution in [3.63, 3.8) is 0 Å². The summed E-state index contributed by atoms with van der Waals surface area (Å²) in [6.07, 6.45) is -5.23. The molecular formula is C22H19F3N2O6. The minimum absolute atomic E-state index is 0.0732. The summed E-state index contributed by atoms with van der Waals surface area (Å²) in [5.41, 5.74) is 0.279. The van der Waals surface area contributed by atoms with Crippen molar-refractivity contribution in [3.8, 4) is 11.5 Å². The third-order valence-electron chi connectivity index (χ3n) is 6.56. The standard InChI is InChI=1S/C22H19F3N2O6/c1-7(22(23,24)25)10-2-3-12(28)15-11(10)5-8-4-9-6-13(29)16(20(27)32)18(26)21(9,33)19(31)14(8)17(15)30/h2-3,5,7,9,26,28-30,33H,4,6H2,1H3,(H2,27,32)/t7?,9-,21+/m0/s1. The molecule has 0 saturated heterocycles. The number of nitrogens with two attached hydrogens (primary N) is 1. The zero-order valence-corrected chi connectivity index (χ0v) is 17.1. The molecule has 0 radical (unpaired) electrons. The Labute approximate surface area is 184 Å². The smallest absolute Gasteiger partial charge is 0.395 e. The highest BCUT2D eigenvalue weighted by atomic mass is 19.4. The quantitative estimate of drug-likeness (QED) is 0.400. The fourth-order valence-corrected chi connectivity index (χ4v) is 4.78. The van der Waals surface area contributed by atoms with Crippen molar-refractivity contribution in [3.05, 3.63) is 46.2 Å². The maximum atomic E-state index is 13.4. The molecular weight excluding hydrogens is 445 g/mol. The Kier molecular flexibility index (Phi) is 4.76. The first-order chi connectivity index (χ1) is 15.2. The van der Waals surface area contributed by atoms with Crippen molar-refractivity contribution < 1.29 is 43.2 Å². The van der Waals surface area contributed by atoms with Crippen molar-refractivity contribution in [1.82, 2.24) is 0 Å². The molecule has 0 aromatic heterocycles. The van der Waals surface area contributed by atoms with Gasteiger partial charge < -0.3 is 31.6 Å². The number of aliphatic hydroxyl groups is 2. The molecule has 0 fully saturated rings. The second-order valence-corrected chi connectivity index (χ2v) is 8.38. The van der Waals surface area contributed by atoms with Gasteiger partial charge in [0.05, 0.1) is 22.6 Å². The van der Waals surface area contributed by atoms with E-state index in [1.165, 1.54) is 6.07 Å². The van der Waals surface area contributed by atoms with Crippen LogP contribution in [0.4, 0.5) is 13.2 Å². The molecule has 33 heavy (non-hydrogen) atoms. The molecule has 174 valence electrons. The van der Waals surface area contributed by atoms with E-state index in [0.717, 1.165) is 19.1 Å². The number of carbonyl (C=O) groups excluding carboxylic acids is 2. The number of ketones is 1. The van der Waals surface area contributed by atoms with Crippen molar-refractivity contribution in [1.29, 1.82) is 5.41 Å². The fraction of sp³-hybridized carbons (Fsp3) is 0.318. The van der Waals surface area contributed by atoms with Gasteiger partial charge in [0.25, 0.3) is 5.91 Å². The van der Waals surface area contributed by atoms with Gasteiger partial charge in [-0.2, -0.15) is 13.2 Å². The van der Waals surface area contributed by atoms with E-state index in [9.17, 15) is 43.2 Å². The van der Waals surface area contributed by atoms with Crippen molar-refractivity contribution in [2.45, 2.75) is 37.5 Å². The lowest BCUT2D eigenvalue weighted by molar-refractivity contribution is -0.146. The number of alkyl halides is 3. The molecule has 11 heteroatoms. The van der Waals surface area contributed by atoms with Gasteiger partial charge >= 0.3 is 6.18 Å². The number of aliphatic hydroxyl groups excluding tert-OH is 1. The molecule has 7 N–H and O–H groups in total. The van der Waals surface area contributed by atoms with E-state index in [-0.39, 0.29) is 22.9 Å². The van der Waals surface area contributed by atoms with E-state index in [4.69, 9.17) is 11.1 Å². The summed E-state index contributed by atoms with van der Waals surface area (Å²) in [7, 11) is 0. The maximum absolute atomic E-state index is 13.4. The summed E-state index contributed by atoms with van der Waals surface area (Å²) >= 11 is 0. The van der Waals surface area contributed by atoms with Gasteiger partial charge in [-0.1, -0.05) is 6.07 Å². The number of hydrogen-bond donors (Lipinski definition) is 6. The molecule has 2 aliphatic carbocycles. The molecule has 2 aliphatic rings. The Balaban J connectivity index is 1.99. The summed E-state index contributed by atoms with van der Waals surface area (Å²) in [4.78, 5) is 25.0. The van der Waals surface area contributed by atoms with E-state index in [2.05, 4.69) is 0 Å². The van der Waals surface area contributed by atoms with Crippen molar-refractivity contribution in [2.75, 3.05) is 0 Å². The van der Waals surface area contributed by atoms with E-state index in [1.54, 1.807) is 0 Å². The Bertz CT molecular complexity index is 1300. The summed E-state index contributed by atoms with van der Waals surface area (Å²) < 4.78 is 40.3. The Morgan fingerprint density at radius 1 is 1.24 bits per heavy atom. The molecule has 2 aromatic carbocycles. The Morgan fingerprint density at radius 2 is 1.88 bits per heavy atom. The van der Waals surface area contributed by atoms with Gasteiger partial charge in [-0.15, -0.1) is 0 Å². The zero-order valence-electron chi connectivity index (χ0n) is 17.1. The number of allylic oxidation sites excluding steroid dienone is 1. The summed E-state index contributed by atoms with van der Waals surface area (Å²) in [5.74, 6) is -7.52. The normalized spacial score (nSPS) is 24.0. The third kappa shape index (κ3) is 2.99.